The number of carboxylic acid groups (broad SMARTS) is 1. The summed E-state index contributed by atoms with van der Waals surface area (Å²) >= 11 is 0. The Morgan fingerprint density at radius 2 is 2.00 bits per heavy atom. The van der Waals surface area contributed by atoms with E-state index in [0.29, 0.717) is 13.2 Å². The molecule has 0 aliphatic carbocycles. The van der Waals surface area contributed by atoms with E-state index >= 15 is 0 Å². The van der Waals surface area contributed by atoms with E-state index in [2.05, 4.69) is 6.92 Å². The molecule has 1 N–H and O–H groups in total. The molecule has 1 unspecified atom stereocenters. The van der Waals surface area contributed by atoms with Gasteiger partial charge >= 0.3 is 5.97 Å². The molecule has 0 heterocycles. The second-order valence-electron chi connectivity index (χ2n) is 4.39. The van der Waals surface area contributed by atoms with Crippen LogP contribution in [-0.2, 0) is 14.3 Å². The van der Waals surface area contributed by atoms with E-state index in [9.17, 15) is 9.59 Å². The molecule has 0 bridgehead atoms. The highest BCUT2D eigenvalue weighted by atomic mass is 16.5. The van der Waals surface area contributed by atoms with E-state index in [4.69, 9.17) is 9.84 Å². The zero-order valence-corrected chi connectivity index (χ0v) is 11.6. The SMILES string of the molecule is CCCCC(CC)C(=O)N(CCOC)CC(=O)O. The molecule has 0 saturated carbocycles. The van der Waals surface area contributed by atoms with Crippen LogP contribution >= 0.6 is 0 Å². The number of carbonyl (C=O) groups is 2. The van der Waals surface area contributed by atoms with Crippen LogP contribution in [0.3, 0.4) is 0 Å². The molecule has 0 radical (unpaired) electrons. The topological polar surface area (TPSA) is 66.8 Å². The lowest BCUT2D eigenvalue weighted by Crippen LogP contribution is -2.41. The van der Waals surface area contributed by atoms with E-state index in [1.807, 2.05) is 6.92 Å². The zero-order chi connectivity index (χ0) is 14.0. The summed E-state index contributed by atoms with van der Waals surface area (Å²) in [4.78, 5) is 24.4. The lowest BCUT2D eigenvalue weighted by atomic mass is 9.97. The third-order valence-corrected chi connectivity index (χ3v) is 2.95. The van der Waals surface area contributed by atoms with Gasteiger partial charge in [0.15, 0.2) is 0 Å². The highest BCUT2D eigenvalue weighted by Gasteiger charge is 2.23. The highest BCUT2D eigenvalue weighted by molar-refractivity contribution is 5.83. The number of methoxy groups -OCH3 is 1. The Kier molecular flexibility index (Phi) is 9.28. The number of amides is 1. The van der Waals surface area contributed by atoms with Gasteiger partial charge in [0, 0.05) is 19.6 Å². The van der Waals surface area contributed by atoms with Gasteiger partial charge in [-0.1, -0.05) is 26.7 Å². The van der Waals surface area contributed by atoms with Gasteiger partial charge in [-0.25, -0.2) is 0 Å². The van der Waals surface area contributed by atoms with Gasteiger partial charge in [0.25, 0.3) is 0 Å². The summed E-state index contributed by atoms with van der Waals surface area (Å²) in [6.07, 6.45) is 3.62. The zero-order valence-electron chi connectivity index (χ0n) is 11.6. The van der Waals surface area contributed by atoms with Gasteiger partial charge in [0.05, 0.1) is 6.61 Å². The Bertz CT molecular complexity index is 255. The normalized spacial score (nSPS) is 12.2. The summed E-state index contributed by atoms with van der Waals surface area (Å²) in [6.45, 7) is 4.50. The predicted molar refractivity (Wildman–Crippen MR) is 69.4 cm³/mol. The number of hydrogen-bond acceptors (Lipinski definition) is 3. The molecule has 0 rings (SSSR count). The molecular formula is C13H25NO4. The first-order chi connectivity index (χ1) is 8.56. The number of ether oxygens (including phenoxy) is 1. The minimum atomic E-state index is -0.982. The maximum absolute atomic E-state index is 12.2. The monoisotopic (exact) mass is 259 g/mol. The van der Waals surface area contributed by atoms with Crippen LogP contribution in [-0.4, -0.2) is 48.7 Å². The number of hydrogen-bond donors (Lipinski definition) is 1. The molecule has 5 nitrogen and oxygen atoms in total. The molecule has 0 aromatic rings. The van der Waals surface area contributed by atoms with Crippen LogP contribution in [0.4, 0.5) is 0 Å². The molecule has 106 valence electrons. The van der Waals surface area contributed by atoms with Gasteiger partial charge in [-0.3, -0.25) is 9.59 Å². The van der Waals surface area contributed by atoms with Crippen LogP contribution in [0.2, 0.25) is 0 Å². The number of carboxylic acids is 1. The molecule has 0 spiro atoms. The van der Waals surface area contributed by atoms with Crippen LogP contribution in [0.1, 0.15) is 39.5 Å². The lowest BCUT2D eigenvalue weighted by molar-refractivity contribution is -0.147. The number of rotatable bonds is 10. The number of carbonyl (C=O) groups excluding carboxylic acids is 1. The summed E-state index contributed by atoms with van der Waals surface area (Å²) in [6, 6.07) is 0. The summed E-state index contributed by atoms with van der Waals surface area (Å²) in [5, 5.41) is 8.83. The number of aliphatic carboxylic acids is 1. The van der Waals surface area contributed by atoms with Crippen LogP contribution in [0.15, 0.2) is 0 Å². The van der Waals surface area contributed by atoms with Gasteiger partial charge < -0.3 is 14.7 Å². The third kappa shape index (κ3) is 6.59. The maximum atomic E-state index is 12.2. The second-order valence-corrected chi connectivity index (χ2v) is 4.39. The van der Waals surface area contributed by atoms with Crippen molar-refractivity contribution in [3.63, 3.8) is 0 Å². The molecule has 18 heavy (non-hydrogen) atoms. The highest BCUT2D eigenvalue weighted by Crippen LogP contribution is 2.15. The van der Waals surface area contributed by atoms with Crippen molar-refractivity contribution in [1.29, 1.82) is 0 Å². The van der Waals surface area contributed by atoms with E-state index in [1.165, 1.54) is 12.0 Å². The number of unbranched alkanes of at least 4 members (excludes halogenated alkanes) is 1. The van der Waals surface area contributed by atoms with Crippen molar-refractivity contribution in [2.75, 3.05) is 26.8 Å². The molecular weight excluding hydrogens is 234 g/mol. The van der Waals surface area contributed by atoms with E-state index < -0.39 is 5.97 Å². The van der Waals surface area contributed by atoms with Crippen molar-refractivity contribution < 1.29 is 19.4 Å². The Hall–Kier alpha value is -1.10. The molecule has 1 atom stereocenters. The van der Waals surface area contributed by atoms with Gasteiger partial charge in [-0.05, 0) is 12.8 Å². The fourth-order valence-electron chi connectivity index (χ4n) is 1.84. The van der Waals surface area contributed by atoms with Gasteiger partial charge in [-0.2, -0.15) is 0 Å². The molecule has 0 fully saturated rings. The number of nitrogens with zero attached hydrogens (tertiary/aromatic N) is 1. The van der Waals surface area contributed by atoms with Gasteiger partial charge in [0.1, 0.15) is 6.54 Å². The van der Waals surface area contributed by atoms with Gasteiger partial charge in [0.2, 0.25) is 5.91 Å². The van der Waals surface area contributed by atoms with E-state index in [-0.39, 0.29) is 18.4 Å². The average molecular weight is 259 g/mol. The summed E-state index contributed by atoms with van der Waals surface area (Å²) in [5.41, 5.74) is 0. The Morgan fingerprint density at radius 3 is 2.44 bits per heavy atom. The van der Waals surface area contributed by atoms with Gasteiger partial charge in [-0.15, -0.1) is 0 Å². The fourth-order valence-corrected chi connectivity index (χ4v) is 1.84. The quantitative estimate of drug-likeness (QED) is 0.649. The molecule has 0 aromatic carbocycles. The summed E-state index contributed by atoms with van der Waals surface area (Å²) in [5.74, 6) is -1.11. The molecule has 5 heteroatoms. The molecule has 0 saturated heterocycles. The van der Waals surface area contributed by atoms with Crippen LogP contribution in [0.5, 0.6) is 0 Å². The fraction of sp³-hybridized carbons (Fsp3) is 0.846. The van der Waals surface area contributed by atoms with Crippen molar-refractivity contribution in [2.24, 2.45) is 5.92 Å². The molecule has 0 aromatic heterocycles. The average Bonchev–Trinajstić information content (AvgIpc) is 2.34. The Balaban J connectivity index is 4.52. The van der Waals surface area contributed by atoms with E-state index in [1.54, 1.807) is 0 Å². The standard InChI is InChI=1S/C13H25NO4/c1-4-6-7-11(5-2)13(17)14(8-9-18-3)10-12(15)16/h11H,4-10H2,1-3H3,(H,15,16). The Morgan fingerprint density at radius 1 is 1.33 bits per heavy atom. The van der Waals surface area contributed by atoms with Crippen molar-refractivity contribution in [2.45, 2.75) is 39.5 Å². The first kappa shape index (κ1) is 16.9. The largest absolute Gasteiger partial charge is 0.480 e. The smallest absolute Gasteiger partial charge is 0.323 e. The van der Waals surface area contributed by atoms with Crippen molar-refractivity contribution in [3.8, 4) is 0 Å². The molecule has 0 aliphatic rings. The van der Waals surface area contributed by atoms with Crippen molar-refractivity contribution in [3.05, 3.63) is 0 Å². The van der Waals surface area contributed by atoms with Crippen molar-refractivity contribution in [1.82, 2.24) is 4.90 Å². The first-order valence-corrected chi connectivity index (χ1v) is 6.56. The Labute approximate surface area is 109 Å². The van der Waals surface area contributed by atoms with Crippen LogP contribution < -0.4 is 0 Å². The summed E-state index contributed by atoms with van der Waals surface area (Å²) in [7, 11) is 1.54. The molecule has 0 aliphatic heterocycles. The van der Waals surface area contributed by atoms with Crippen LogP contribution in [0, 0.1) is 5.92 Å². The maximum Gasteiger partial charge on any atom is 0.323 e. The van der Waals surface area contributed by atoms with E-state index in [0.717, 1.165) is 25.7 Å². The summed E-state index contributed by atoms with van der Waals surface area (Å²) < 4.78 is 4.91. The lowest BCUT2D eigenvalue weighted by Gasteiger charge is -2.25. The minimum absolute atomic E-state index is 0.0644. The third-order valence-electron chi connectivity index (χ3n) is 2.95. The first-order valence-electron chi connectivity index (χ1n) is 6.56. The van der Waals surface area contributed by atoms with Crippen molar-refractivity contribution >= 4 is 11.9 Å². The molecule has 1 amide bonds. The predicted octanol–water partition coefficient (Wildman–Crippen LogP) is 1.76. The minimum Gasteiger partial charge on any atom is -0.480 e. The second kappa shape index (κ2) is 9.88. The van der Waals surface area contributed by atoms with Crippen LogP contribution in [0.25, 0.3) is 0 Å².